The monoisotopic (exact) mass is 556 g/mol. The molecule has 0 atom stereocenters. The topological polar surface area (TPSA) is 118 Å². The van der Waals surface area contributed by atoms with E-state index in [0.717, 1.165) is 38.1 Å². The van der Waals surface area contributed by atoms with E-state index in [0.29, 0.717) is 17.0 Å². The fourth-order valence-corrected chi connectivity index (χ4v) is 5.36. The standard InChI is InChI=1S/C24H28F4N6O3S/c1-14(2)34-21-16(13-30-23(32-21)31-17-5-8-29-9-6-17)11-18(22(34)35)15-3-4-20(19(25)12-15)33-38(36,37)10-7-24(26,27)28/h3-4,11-14,17,29,33H,5-10H2,1-2H3,(H,30,31,32). The van der Waals surface area contributed by atoms with Crippen LogP contribution in [0.5, 0.6) is 0 Å². The number of piperidine rings is 1. The van der Waals surface area contributed by atoms with Gasteiger partial charge in [-0.15, -0.1) is 0 Å². The van der Waals surface area contributed by atoms with Gasteiger partial charge in [-0.1, -0.05) is 6.07 Å². The van der Waals surface area contributed by atoms with Gasteiger partial charge in [0.05, 0.1) is 17.9 Å². The van der Waals surface area contributed by atoms with Gasteiger partial charge in [-0.3, -0.25) is 14.1 Å². The van der Waals surface area contributed by atoms with Crippen molar-refractivity contribution in [3.8, 4) is 11.1 Å². The smallest absolute Gasteiger partial charge is 0.351 e. The minimum Gasteiger partial charge on any atom is -0.351 e. The lowest BCUT2D eigenvalue weighted by atomic mass is 10.0. The molecule has 206 valence electrons. The van der Waals surface area contributed by atoms with Crippen molar-refractivity contribution >= 4 is 32.7 Å². The van der Waals surface area contributed by atoms with Gasteiger partial charge in [0.1, 0.15) is 11.5 Å². The van der Waals surface area contributed by atoms with Crippen molar-refractivity contribution in [2.45, 2.75) is 51.4 Å². The fourth-order valence-electron chi connectivity index (χ4n) is 4.26. The molecule has 9 nitrogen and oxygen atoms in total. The number of sulfonamides is 1. The number of hydrogen-bond acceptors (Lipinski definition) is 7. The van der Waals surface area contributed by atoms with E-state index in [9.17, 15) is 30.8 Å². The maximum atomic E-state index is 14.8. The van der Waals surface area contributed by atoms with Crippen molar-refractivity contribution in [1.29, 1.82) is 0 Å². The first kappa shape index (κ1) is 27.8. The average molecular weight is 557 g/mol. The molecule has 1 aliphatic rings. The Bertz CT molecular complexity index is 1480. The molecule has 38 heavy (non-hydrogen) atoms. The first-order valence-corrected chi connectivity index (χ1v) is 13.7. The van der Waals surface area contributed by atoms with Crippen molar-refractivity contribution < 1.29 is 26.0 Å². The molecule has 0 saturated carbocycles. The van der Waals surface area contributed by atoms with Crippen molar-refractivity contribution in [2.75, 3.05) is 28.9 Å². The van der Waals surface area contributed by atoms with Crippen molar-refractivity contribution in [3.05, 3.63) is 46.6 Å². The molecule has 0 bridgehead atoms. The molecular formula is C24H28F4N6O3S. The molecule has 3 N–H and O–H groups in total. The third-order valence-electron chi connectivity index (χ3n) is 6.16. The van der Waals surface area contributed by atoms with E-state index in [1.165, 1.54) is 16.7 Å². The Morgan fingerprint density at radius 3 is 2.53 bits per heavy atom. The maximum Gasteiger partial charge on any atom is 0.390 e. The predicted molar refractivity (Wildman–Crippen MR) is 137 cm³/mol. The van der Waals surface area contributed by atoms with Crippen LogP contribution >= 0.6 is 0 Å². The number of anilines is 2. The molecule has 1 saturated heterocycles. The number of fused-ring (bicyclic) bond motifs is 1. The number of rotatable bonds is 8. The number of aromatic nitrogens is 3. The van der Waals surface area contributed by atoms with Crippen LogP contribution in [0, 0.1) is 5.82 Å². The third kappa shape index (κ3) is 6.59. The third-order valence-corrected chi connectivity index (χ3v) is 7.43. The highest BCUT2D eigenvalue weighted by molar-refractivity contribution is 7.92. The molecule has 0 unspecified atom stereocenters. The summed E-state index contributed by atoms with van der Waals surface area (Å²) in [6.07, 6.45) is -2.83. The van der Waals surface area contributed by atoms with Gasteiger partial charge in [-0.2, -0.15) is 18.2 Å². The first-order chi connectivity index (χ1) is 17.8. The highest BCUT2D eigenvalue weighted by atomic mass is 32.2. The summed E-state index contributed by atoms with van der Waals surface area (Å²) in [7, 11) is -4.44. The number of alkyl halides is 3. The lowest BCUT2D eigenvalue weighted by Crippen LogP contribution is -2.35. The number of nitrogens with zero attached hydrogens (tertiary/aromatic N) is 3. The van der Waals surface area contributed by atoms with Crippen LogP contribution in [0.2, 0.25) is 0 Å². The van der Waals surface area contributed by atoms with Crippen LogP contribution in [0.25, 0.3) is 22.2 Å². The predicted octanol–water partition coefficient (Wildman–Crippen LogP) is 4.04. The van der Waals surface area contributed by atoms with E-state index >= 15 is 0 Å². The zero-order chi connectivity index (χ0) is 27.7. The molecule has 3 heterocycles. The second-order valence-corrected chi connectivity index (χ2v) is 11.3. The number of nitrogens with one attached hydrogen (secondary N) is 3. The molecule has 0 spiro atoms. The van der Waals surface area contributed by atoms with E-state index in [2.05, 4.69) is 20.6 Å². The molecule has 2 aromatic heterocycles. The Balaban J connectivity index is 1.66. The van der Waals surface area contributed by atoms with Crippen LogP contribution in [0.4, 0.5) is 29.2 Å². The van der Waals surface area contributed by atoms with Gasteiger partial charge in [0.25, 0.3) is 5.56 Å². The Labute approximate surface area is 216 Å². The summed E-state index contributed by atoms with van der Waals surface area (Å²) in [5, 5.41) is 7.14. The van der Waals surface area contributed by atoms with Crippen LogP contribution in [0.3, 0.4) is 0 Å². The molecule has 4 rings (SSSR count). The second-order valence-electron chi connectivity index (χ2n) is 9.45. The van der Waals surface area contributed by atoms with Crippen molar-refractivity contribution in [3.63, 3.8) is 0 Å². The van der Waals surface area contributed by atoms with E-state index in [-0.39, 0.29) is 23.2 Å². The number of hydrogen-bond donors (Lipinski definition) is 3. The molecule has 0 amide bonds. The normalized spacial score (nSPS) is 15.2. The Morgan fingerprint density at radius 2 is 1.89 bits per heavy atom. The summed E-state index contributed by atoms with van der Waals surface area (Å²) in [6, 6.07) is 4.80. The number of benzene rings is 1. The fraction of sp³-hybridized carbons (Fsp3) is 0.458. The van der Waals surface area contributed by atoms with E-state index < -0.39 is 45.4 Å². The molecular weight excluding hydrogens is 528 g/mol. The van der Waals surface area contributed by atoms with Crippen LogP contribution in [0.1, 0.15) is 39.2 Å². The summed E-state index contributed by atoms with van der Waals surface area (Å²) < 4.78 is 79.3. The number of pyridine rings is 1. The maximum absolute atomic E-state index is 14.8. The minimum absolute atomic E-state index is 0.138. The molecule has 0 aliphatic carbocycles. The van der Waals surface area contributed by atoms with Gasteiger partial charge < -0.3 is 10.6 Å². The molecule has 1 aromatic carbocycles. The average Bonchev–Trinajstić information content (AvgIpc) is 2.84. The molecule has 1 aliphatic heterocycles. The Kier molecular flexibility index (Phi) is 7.93. The van der Waals surface area contributed by atoms with Crippen LogP contribution < -0.4 is 20.9 Å². The van der Waals surface area contributed by atoms with Crippen molar-refractivity contribution in [1.82, 2.24) is 19.9 Å². The van der Waals surface area contributed by atoms with Crippen molar-refractivity contribution in [2.24, 2.45) is 0 Å². The van der Waals surface area contributed by atoms with Gasteiger partial charge in [-0.25, -0.2) is 17.8 Å². The van der Waals surface area contributed by atoms with E-state index in [1.54, 1.807) is 6.20 Å². The molecule has 3 aromatic rings. The molecule has 1 fully saturated rings. The zero-order valence-corrected chi connectivity index (χ0v) is 21.6. The summed E-state index contributed by atoms with van der Waals surface area (Å²) in [6.45, 7) is 5.39. The van der Waals surface area contributed by atoms with Gasteiger partial charge in [0, 0.05) is 29.2 Å². The second kappa shape index (κ2) is 10.8. The summed E-state index contributed by atoms with van der Waals surface area (Å²) in [5.41, 5.74) is -0.234. The minimum atomic E-state index is -4.67. The van der Waals surface area contributed by atoms with Gasteiger partial charge in [0.15, 0.2) is 0 Å². The highest BCUT2D eigenvalue weighted by Gasteiger charge is 2.30. The summed E-state index contributed by atoms with van der Waals surface area (Å²) in [5.74, 6) is -1.87. The van der Waals surface area contributed by atoms with Crippen LogP contribution in [-0.2, 0) is 10.0 Å². The highest BCUT2D eigenvalue weighted by Crippen LogP contribution is 2.27. The zero-order valence-electron chi connectivity index (χ0n) is 20.8. The lowest BCUT2D eigenvalue weighted by molar-refractivity contribution is -0.129. The Morgan fingerprint density at radius 1 is 1.18 bits per heavy atom. The van der Waals surface area contributed by atoms with Gasteiger partial charge in [-0.05, 0) is 63.5 Å². The first-order valence-electron chi connectivity index (χ1n) is 12.1. The lowest BCUT2D eigenvalue weighted by Gasteiger charge is -2.24. The van der Waals surface area contributed by atoms with Crippen LogP contribution in [-0.4, -0.2) is 54.0 Å². The molecule has 0 radical (unpaired) electrons. The van der Waals surface area contributed by atoms with Gasteiger partial charge in [0.2, 0.25) is 16.0 Å². The summed E-state index contributed by atoms with van der Waals surface area (Å²) >= 11 is 0. The summed E-state index contributed by atoms with van der Waals surface area (Å²) in [4.78, 5) is 22.4. The molecule has 14 heteroatoms. The largest absolute Gasteiger partial charge is 0.390 e. The van der Waals surface area contributed by atoms with Crippen LogP contribution in [0.15, 0.2) is 35.3 Å². The Hall–Kier alpha value is -3.26. The number of halogens is 4. The van der Waals surface area contributed by atoms with Gasteiger partial charge >= 0.3 is 6.18 Å². The SMILES string of the molecule is CC(C)n1c(=O)c(-c2ccc(NS(=O)(=O)CCC(F)(F)F)c(F)c2)cc2cnc(NC3CCNCC3)nc21. The van der Waals surface area contributed by atoms with E-state index in [1.807, 2.05) is 18.6 Å². The quantitative estimate of drug-likeness (QED) is 0.359. The van der Waals surface area contributed by atoms with E-state index in [4.69, 9.17) is 0 Å².